The smallest absolute Gasteiger partial charge is 0.117 e. The monoisotopic (exact) mass is 270 g/mol. The molecule has 0 amide bonds. The van der Waals surface area contributed by atoms with Crippen molar-refractivity contribution >= 4 is 0 Å². The lowest BCUT2D eigenvalue weighted by Gasteiger charge is -2.58. The molecule has 0 aliphatic heterocycles. The molecule has 4 fully saturated rings. The molecule has 4 aliphatic rings. The van der Waals surface area contributed by atoms with Crippen LogP contribution in [0.5, 0.6) is 0 Å². The normalized spacial score (nSPS) is 39.6. The highest BCUT2D eigenvalue weighted by Gasteiger charge is 2.54. The van der Waals surface area contributed by atoms with E-state index in [-0.39, 0.29) is 11.5 Å². The summed E-state index contributed by atoms with van der Waals surface area (Å²) in [4.78, 5) is 0. The molecule has 4 saturated carbocycles. The lowest BCUT2D eigenvalue weighted by Crippen LogP contribution is -2.55. The molecule has 0 aromatic carbocycles. The zero-order valence-electron chi connectivity index (χ0n) is 11.8. The molecule has 20 heavy (non-hydrogen) atoms. The number of nitriles is 1. The number of nitrogens with zero attached hydrogens (tertiary/aromatic N) is 1. The molecule has 4 bridgehead atoms. The van der Waals surface area contributed by atoms with Gasteiger partial charge in [0.25, 0.3) is 0 Å². The Labute approximate surface area is 120 Å². The Hall–Kier alpha value is -1.27. The van der Waals surface area contributed by atoms with Gasteiger partial charge in [0.15, 0.2) is 0 Å². The molecular formula is C17H22N2O. The van der Waals surface area contributed by atoms with Crippen LogP contribution in [-0.4, -0.2) is 6.04 Å². The van der Waals surface area contributed by atoms with Crippen LogP contribution in [0, 0.1) is 34.5 Å². The first-order valence-electron chi connectivity index (χ1n) is 7.93. The van der Waals surface area contributed by atoms with Gasteiger partial charge in [-0.05, 0) is 73.8 Å². The fourth-order valence-corrected chi connectivity index (χ4v) is 5.55. The number of hydrogen-bond donors (Lipinski definition) is 1. The highest BCUT2D eigenvalue weighted by atomic mass is 16.3. The van der Waals surface area contributed by atoms with Crippen molar-refractivity contribution in [3.63, 3.8) is 0 Å². The molecule has 3 nitrogen and oxygen atoms in total. The third-order valence-electron chi connectivity index (χ3n) is 5.89. The van der Waals surface area contributed by atoms with E-state index >= 15 is 0 Å². The predicted molar refractivity (Wildman–Crippen MR) is 75.6 cm³/mol. The fourth-order valence-electron chi connectivity index (χ4n) is 5.55. The van der Waals surface area contributed by atoms with E-state index in [1.54, 1.807) is 6.26 Å². The minimum Gasteiger partial charge on any atom is -0.468 e. The second-order valence-corrected chi connectivity index (χ2v) is 7.30. The molecule has 3 heteroatoms. The van der Waals surface area contributed by atoms with Crippen LogP contribution in [0.2, 0.25) is 0 Å². The van der Waals surface area contributed by atoms with E-state index < -0.39 is 0 Å². The molecule has 1 atom stereocenters. The van der Waals surface area contributed by atoms with Gasteiger partial charge in [-0.15, -0.1) is 0 Å². The molecule has 4 aliphatic carbocycles. The number of hydrogen-bond acceptors (Lipinski definition) is 3. The second-order valence-electron chi connectivity index (χ2n) is 7.30. The van der Waals surface area contributed by atoms with E-state index in [4.69, 9.17) is 4.42 Å². The summed E-state index contributed by atoms with van der Waals surface area (Å²) in [5.41, 5.74) is 0.246. The van der Waals surface area contributed by atoms with Crippen molar-refractivity contribution in [2.75, 3.05) is 0 Å². The second kappa shape index (κ2) is 4.63. The van der Waals surface area contributed by atoms with Gasteiger partial charge in [0, 0.05) is 0 Å². The van der Waals surface area contributed by atoms with Gasteiger partial charge in [0.1, 0.15) is 11.8 Å². The lowest BCUT2D eigenvalue weighted by atomic mass is 9.48. The Kier molecular flexibility index (Phi) is 2.89. The maximum absolute atomic E-state index is 9.67. The van der Waals surface area contributed by atoms with Crippen LogP contribution in [0.3, 0.4) is 0 Å². The highest BCUT2D eigenvalue weighted by molar-refractivity contribution is 5.13. The van der Waals surface area contributed by atoms with Crippen LogP contribution in [0.25, 0.3) is 0 Å². The summed E-state index contributed by atoms with van der Waals surface area (Å²) >= 11 is 0. The Morgan fingerprint density at radius 3 is 2.40 bits per heavy atom. The van der Waals surface area contributed by atoms with Gasteiger partial charge in [-0.2, -0.15) is 5.26 Å². The molecule has 1 aromatic rings. The van der Waals surface area contributed by atoms with Crippen LogP contribution >= 0.6 is 0 Å². The molecule has 1 unspecified atom stereocenters. The van der Waals surface area contributed by atoms with Crippen molar-refractivity contribution in [1.82, 2.24) is 5.32 Å². The van der Waals surface area contributed by atoms with Crippen molar-refractivity contribution in [1.29, 1.82) is 5.26 Å². The van der Waals surface area contributed by atoms with E-state index in [9.17, 15) is 5.26 Å². The number of rotatable bonds is 4. The van der Waals surface area contributed by atoms with Crippen LogP contribution in [0.1, 0.15) is 44.3 Å². The van der Waals surface area contributed by atoms with Crippen molar-refractivity contribution in [3.8, 4) is 6.07 Å². The molecule has 1 aromatic heterocycles. The third-order valence-corrected chi connectivity index (χ3v) is 5.89. The Morgan fingerprint density at radius 1 is 1.25 bits per heavy atom. The maximum atomic E-state index is 9.67. The first-order valence-corrected chi connectivity index (χ1v) is 7.93. The first kappa shape index (κ1) is 12.5. The van der Waals surface area contributed by atoms with Gasteiger partial charge in [-0.1, -0.05) is 0 Å². The molecule has 0 radical (unpaired) electrons. The van der Waals surface area contributed by atoms with Gasteiger partial charge < -0.3 is 4.42 Å². The van der Waals surface area contributed by atoms with Crippen molar-refractivity contribution < 1.29 is 4.42 Å². The first-order chi connectivity index (χ1) is 9.77. The van der Waals surface area contributed by atoms with Gasteiger partial charge in [-0.3, -0.25) is 5.32 Å². The lowest BCUT2D eigenvalue weighted by molar-refractivity contribution is -0.0641. The fraction of sp³-hybridized carbons (Fsp3) is 0.706. The molecule has 5 rings (SSSR count). The summed E-state index contributed by atoms with van der Waals surface area (Å²) in [5.74, 6) is 3.60. The van der Waals surface area contributed by atoms with Crippen molar-refractivity contribution in [2.24, 2.45) is 23.2 Å². The molecule has 1 heterocycles. The van der Waals surface area contributed by atoms with Gasteiger partial charge in [-0.25, -0.2) is 0 Å². The Balaban J connectivity index is 1.51. The van der Waals surface area contributed by atoms with Crippen LogP contribution in [0.4, 0.5) is 0 Å². The van der Waals surface area contributed by atoms with E-state index in [1.165, 1.54) is 38.5 Å². The zero-order chi connectivity index (χ0) is 13.6. The zero-order valence-corrected chi connectivity index (χ0v) is 11.8. The summed E-state index contributed by atoms with van der Waals surface area (Å²) in [6, 6.07) is 6.43. The summed E-state index contributed by atoms with van der Waals surface area (Å²) in [6.07, 6.45) is 9.77. The summed E-state index contributed by atoms with van der Waals surface area (Å²) in [6.45, 7) is 0.674. The topological polar surface area (TPSA) is 49.0 Å². The molecule has 0 spiro atoms. The van der Waals surface area contributed by atoms with E-state index in [1.807, 2.05) is 12.1 Å². The molecular weight excluding hydrogens is 248 g/mol. The van der Waals surface area contributed by atoms with Crippen LogP contribution in [0.15, 0.2) is 22.8 Å². The molecule has 1 N–H and O–H groups in total. The quantitative estimate of drug-likeness (QED) is 0.911. The van der Waals surface area contributed by atoms with E-state index in [0.717, 1.165) is 23.5 Å². The van der Waals surface area contributed by atoms with Crippen LogP contribution < -0.4 is 5.32 Å². The number of furan rings is 1. The number of nitrogens with one attached hydrogen (secondary N) is 1. The highest BCUT2D eigenvalue weighted by Crippen LogP contribution is 2.61. The van der Waals surface area contributed by atoms with Gasteiger partial charge in [0.05, 0.1) is 18.9 Å². The average Bonchev–Trinajstić information content (AvgIpc) is 2.90. The average molecular weight is 270 g/mol. The Bertz CT molecular complexity index is 478. The third kappa shape index (κ3) is 1.98. The predicted octanol–water partition coefficient (Wildman–Crippen LogP) is 3.48. The van der Waals surface area contributed by atoms with Crippen molar-refractivity contribution in [2.45, 2.75) is 51.1 Å². The molecule has 0 saturated heterocycles. The minimum absolute atomic E-state index is 0.0130. The summed E-state index contributed by atoms with van der Waals surface area (Å²) in [5, 5.41) is 13.1. The largest absolute Gasteiger partial charge is 0.468 e. The van der Waals surface area contributed by atoms with Gasteiger partial charge >= 0.3 is 0 Å². The summed E-state index contributed by atoms with van der Waals surface area (Å²) in [7, 11) is 0. The standard InChI is InChI=1S/C17H22N2O/c18-10-16(19-11-15-2-1-3-20-15)17-7-12-4-13(8-17)6-14(5-12)9-17/h1-3,12-14,16,19H,4-9,11H2. The SMILES string of the molecule is N#CC(NCc1ccco1)C12CC3CC(CC(C3)C1)C2. The van der Waals surface area contributed by atoms with Gasteiger partial charge in [0.2, 0.25) is 0 Å². The van der Waals surface area contributed by atoms with E-state index in [0.29, 0.717) is 6.54 Å². The van der Waals surface area contributed by atoms with E-state index in [2.05, 4.69) is 11.4 Å². The molecule has 106 valence electrons. The van der Waals surface area contributed by atoms with Crippen LogP contribution in [-0.2, 0) is 6.54 Å². The summed E-state index contributed by atoms with van der Waals surface area (Å²) < 4.78 is 5.38. The Morgan fingerprint density at radius 2 is 1.90 bits per heavy atom. The maximum Gasteiger partial charge on any atom is 0.117 e. The minimum atomic E-state index is -0.0130. The van der Waals surface area contributed by atoms with Crippen molar-refractivity contribution in [3.05, 3.63) is 24.2 Å².